The Balaban J connectivity index is 2.58. The molecule has 1 aromatic carbocycles. The Morgan fingerprint density at radius 1 is 1.62 bits per heavy atom. The topological polar surface area (TPSA) is 29.1 Å². The van der Waals surface area contributed by atoms with Crippen LogP contribution in [-0.2, 0) is 4.79 Å². The van der Waals surface area contributed by atoms with Gasteiger partial charge in [-0.25, -0.2) is 4.39 Å². The van der Waals surface area contributed by atoms with Gasteiger partial charge >= 0.3 is 0 Å². The first kappa shape index (κ1) is 10.1. The number of anilines is 1. The van der Waals surface area contributed by atoms with E-state index in [-0.39, 0.29) is 11.7 Å². The molecule has 0 bridgehead atoms. The molecule has 0 radical (unpaired) electrons. The lowest BCUT2D eigenvalue weighted by Gasteiger charge is -2.02. The lowest BCUT2D eigenvalue weighted by Crippen LogP contribution is -2.13. The highest BCUT2D eigenvalue weighted by Gasteiger charge is 2.00. The van der Waals surface area contributed by atoms with Crippen LogP contribution in [0.1, 0.15) is 0 Å². The largest absolute Gasteiger partial charge is 0.325 e. The molecule has 0 aliphatic rings. The van der Waals surface area contributed by atoms with E-state index in [9.17, 15) is 9.18 Å². The summed E-state index contributed by atoms with van der Waals surface area (Å²) < 4.78 is 12.6. The van der Waals surface area contributed by atoms with E-state index in [1.807, 2.05) is 6.26 Å². The zero-order valence-electron chi connectivity index (χ0n) is 7.21. The van der Waals surface area contributed by atoms with Gasteiger partial charge in [0.25, 0.3) is 0 Å². The Hall–Kier alpha value is -1.03. The highest BCUT2D eigenvalue weighted by Crippen LogP contribution is 2.09. The summed E-state index contributed by atoms with van der Waals surface area (Å²) in [5, 5.41) is 2.58. The fraction of sp³-hybridized carbons (Fsp3) is 0.222. The number of amides is 1. The Kier molecular flexibility index (Phi) is 3.76. The third-order valence-corrected chi connectivity index (χ3v) is 1.93. The van der Waals surface area contributed by atoms with Crippen molar-refractivity contribution < 1.29 is 9.18 Å². The van der Waals surface area contributed by atoms with Crippen LogP contribution in [0, 0.1) is 5.82 Å². The van der Waals surface area contributed by atoms with Crippen LogP contribution in [0.4, 0.5) is 10.1 Å². The first-order chi connectivity index (χ1) is 6.22. The summed E-state index contributed by atoms with van der Waals surface area (Å²) in [6.45, 7) is 0. The minimum atomic E-state index is -0.345. The molecule has 0 aliphatic heterocycles. The quantitative estimate of drug-likeness (QED) is 0.808. The molecular formula is C9H10FNOS. The van der Waals surface area contributed by atoms with Gasteiger partial charge in [-0.05, 0) is 24.5 Å². The van der Waals surface area contributed by atoms with E-state index in [0.29, 0.717) is 11.4 Å². The summed E-state index contributed by atoms with van der Waals surface area (Å²) in [7, 11) is 0. The third-order valence-electron chi connectivity index (χ3n) is 1.38. The van der Waals surface area contributed by atoms with E-state index in [0.717, 1.165) is 0 Å². The number of rotatable bonds is 3. The number of nitrogens with one attached hydrogen (secondary N) is 1. The van der Waals surface area contributed by atoms with Crippen LogP contribution in [-0.4, -0.2) is 17.9 Å². The predicted molar refractivity (Wildman–Crippen MR) is 53.4 cm³/mol. The van der Waals surface area contributed by atoms with Crippen molar-refractivity contribution >= 4 is 23.4 Å². The molecule has 1 amide bonds. The molecule has 1 N–H and O–H groups in total. The Labute approximate surface area is 80.5 Å². The van der Waals surface area contributed by atoms with Crippen molar-refractivity contribution in [3.63, 3.8) is 0 Å². The van der Waals surface area contributed by atoms with Crippen molar-refractivity contribution in [2.75, 3.05) is 17.3 Å². The maximum atomic E-state index is 12.6. The lowest BCUT2D eigenvalue weighted by molar-refractivity contribution is -0.113. The normalized spacial score (nSPS) is 9.69. The number of hydrogen-bond donors (Lipinski definition) is 1. The Morgan fingerprint density at radius 2 is 2.38 bits per heavy atom. The summed E-state index contributed by atoms with van der Waals surface area (Å²) in [6.07, 6.45) is 1.84. The number of halogens is 1. The second-order valence-electron chi connectivity index (χ2n) is 2.49. The van der Waals surface area contributed by atoms with Crippen molar-refractivity contribution in [1.82, 2.24) is 0 Å². The fourth-order valence-corrected chi connectivity index (χ4v) is 1.23. The molecule has 2 nitrogen and oxygen atoms in total. The molecular weight excluding hydrogens is 189 g/mol. The summed E-state index contributed by atoms with van der Waals surface area (Å²) in [6, 6.07) is 5.84. The lowest BCUT2D eigenvalue weighted by atomic mass is 10.3. The number of benzene rings is 1. The van der Waals surface area contributed by atoms with Crippen LogP contribution >= 0.6 is 11.8 Å². The maximum absolute atomic E-state index is 12.6. The zero-order chi connectivity index (χ0) is 9.68. The van der Waals surface area contributed by atoms with Gasteiger partial charge in [0.2, 0.25) is 5.91 Å². The van der Waals surface area contributed by atoms with Crippen LogP contribution in [0.3, 0.4) is 0 Å². The van der Waals surface area contributed by atoms with Gasteiger partial charge in [0.15, 0.2) is 0 Å². The molecule has 70 valence electrons. The molecule has 0 unspecified atom stereocenters. The van der Waals surface area contributed by atoms with E-state index in [1.165, 1.54) is 23.9 Å². The van der Waals surface area contributed by atoms with Crippen molar-refractivity contribution in [1.29, 1.82) is 0 Å². The van der Waals surface area contributed by atoms with Gasteiger partial charge in [-0.2, -0.15) is 11.8 Å². The summed E-state index contributed by atoms with van der Waals surface area (Å²) in [5.41, 5.74) is 0.499. The van der Waals surface area contributed by atoms with Gasteiger partial charge in [0.05, 0.1) is 5.75 Å². The van der Waals surface area contributed by atoms with E-state index in [4.69, 9.17) is 0 Å². The molecule has 0 aliphatic carbocycles. The molecule has 1 aromatic rings. The van der Waals surface area contributed by atoms with Crippen molar-refractivity contribution in [2.24, 2.45) is 0 Å². The summed E-state index contributed by atoms with van der Waals surface area (Å²) in [4.78, 5) is 11.1. The van der Waals surface area contributed by atoms with Crippen molar-refractivity contribution in [2.45, 2.75) is 0 Å². The van der Waals surface area contributed by atoms with Gasteiger partial charge in [-0.3, -0.25) is 4.79 Å². The molecule has 4 heteroatoms. The van der Waals surface area contributed by atoms with Gasteiger partial charge < -0.3 is 5.32 Å². The molecule has 0 spiro atoms. The predicted octanol–water partition coefficient (Wildman–Crippen LogP) is 2.13. The maximum Gasteiger partial charge on any atom is 0.234 e. The van der Waals surface area contributed by atoms with Crippen LogP contribution < -0.4 is 5.32 Å². The van der Waals surface area contributed by atoms with E-state index in [2.05, 4.69) is 5.32 Å². The molecule has 1 rings (SSSR count). The highest BCUT2D eigenvalue weighted by molar-refractivity contribution is 7.99. The SMILES string of the molecule is CSCC(=O)Nc1cccc(F)c1. The minimum Gasteiger partial charge on any atom is -0.325 e. The van der Waals surface area contributed by atoms with E-state index in [1.54, 1.807) is 12.1 Å². The van der Waals surface area contributed by atoms with Gasteiger partial charge in [-0.15, -0.1) is 0 Å². The van der Waals surface area contributed by atoms with E-state index < -0.39 is 0 Å². The van der Waals surface area contributed by atoms with Crippen LogP contribution in [0.5, 0.6) is 0 Å². The summed E-state index contributed by atoms with van der Waals surface area (Å²) in [5.74, 6) is -0.0729. The van der Waals surface area contributed by atoms with Gasteiger partial charge in [0.1, 0.15) is 5.82 Å². The summed E-state index contributed by atoms with van der Waals surface area (Å²) >= 11 is 1.43. The monoisotopic (exact) mass is 199 g/mol. The number of hydrogen-bond acceptors (Lipinski definition) is 2. The molecule has 0 saturated carbocycles. The first-order valence-corrected chi connectivity index (χ1v) is 5.16. The van der Waals surface area contributed by atoms with Crippen molar-refractivity contribution in [3.05, 3.63) is 30.1 Å². The Bertz CT molecular complexity index is 303. The fourth-order valence-electron chi connectivity index (χ4n) is 0.894. The van der Waals surface area contributed by atoms with Crippen LogP contribution in [0.15, 0.2) is 24.3 Å². The standard InChI is InChI=1S/C9H10FNOS/c1-13-6-9(12)11-8-4-2-3-7(10)5-8/h2-5H,6H2,1H3,(H,11,12). The highest BCUT2D eigenvalue weighted by atomic mass is 32.2. The minimum absolute atomic E-state index is 0.113. The molecule has 0 saturated heterocycles. The van der Waals surface area contributed by atoms with Crippen LogP contribution in [0.2, 0.25) is 0 Å². The first-order valence-electron chi connectivity index (χ1n) is 3.76. The second kappa shape index (κ2) is 4.87. The van der Waals surface area contributed by atoms with Crippen molar-refractivity contribution in [3.8, 4) is 0 Å². The Morgan fingerprint density at radius 3 is 3.00 bits per heavy atom. The molecule has 0 fully saturated rings. The third kappa shape index (κ3) is 3.46. The number of thioether (sulfide) groups is 1. The van der Waals surface area contributed by atoms with Crippen LogP contribution in [0.25, 0.3) is 0 Å². The second-order valence-corrected chi connectivity index (χ2v) is 3.36. The zero-order valence-corrected chi connectivity index (χ0v) is 8.03. The molecule has 0 aromatic heterocycles. The molecule has 0 atom stereocenters. The number of carbonyl (C=O) groups is 1. The van der Waals surface area contributed by atoms with Gasteiger partial charge in [0, 0.05) is 5.69 Å². The van der Waals surface area contributed by atoms with E-state index >= 15 is 0 Å². The smallest absolute Gasteiger partial charge is 0.234 e. The molecule has 0 heterocycles. The average Bonchev–Trinajstić information content (AvgIpc) is 2.04. The number of carbonyl (C=O) groups excluding carboxylic acids is 1. The van der Waals surface area contributed by atoms with Gasteiger partial charge in [-0.1, -0.05) is 6.07 Å². The molecule has 13 heavy (non-hydrogen) atoms. The average molecular weight is 199 g/mol.